The van der Waals surface area contributed by atoms with E-state index in [4.69, 9.17) is 9.47 Å². The van der Waals surface area contributed by atoms with Gasteiger partial charge in [0.25, 0.3) is 5.91 Å². The lowest BCUT2D eigenvalue weighted by atomic mass is 10.0. The van der Waals surface area contributed by atoms with Gasteiger partial charge in [-0.3, -0.25) is 4.79 Å². The number of ether oxygens (including phenoxy) is 2. The zero-order valence-corrected chi connectivity index (χ0v) is 16.8. The van der Waals surface area contributed by atoms with Crippen molar-refractivity contribution in [2.75, 3.05) is 13.2 Å². The maximum Gasteiger partial charge on any atom is 0.331 e. The van der Waals surface area contributed by atoms with Gasteiger partial charge in [0.05, 0.1) is 12.6 Å². The number of hydrogen-bond acceptors (Lipinski definition) is 4. The highest BCUT2D eigenvalue weighted by molar-refractivity contribution is 5.89. The molecule has 0 aliphatic carbocycles. The van der Waals surface area contributed by atoms with Gasteiger partial charge in [0.1, 0.15) is 5.75 Å². The van der Waals surface area contributed by atoms with Gasteiger partial charge in [-0.2, -0.15) is 0 Å². The standard InChI is InChI=1S/C23H27NO4/c1-5-27-21-9-7-6-8-19(21)12-13-23(26)28-15-22(25)24-18(4)20-11-10-16(2)17(3)14-20/h6-14,18H,5,15H2,1-4H3,(H,24,25)/b13-12+/t18-/m1/s1. The number of para-hydroxylation sites is 1. The van der Waals surface area contributed by atoms with Gasteiger partial charge >= 0.3 is 5.97 Å². The van der Waals surface area contributed by atoms with Crippen LogP contribution in [0.25, 0.3) is 6.08 Å². The van der Waals surface area contributed by atoms with E-state index in [-0.39, 0.29) is 18.6 Å². The number of carbonyl (C=O) groups excluding carboxylic acids is 2. The van der Waals surface area contributed by atoms with Gasteiger partial charge in [-0.25, -0.2) is 4.79 Å². The average molecular weight is 381 g/mol. The summed E-state index contributed by atoms with van der Waals surface area (Å²) < 4.78 is 10.5. The van der Waals surface area contributed by atoms with E-state index >= 15 is 0 Å². The largest absolute Gasteiger partial charge is 0.493 e. The first kappa shape index (κ1) is 21.2. The third-order valence-corrected chi connectivity index (χ3v) is 4.37. The Hall–Kier alpha value is -3.08. The van der Waals surface area contributed by atoms with Crippen LogP contribution in [-0.2, 0) is 14.3 Å². The van der Waals surface area contributed by atoms with Crippen molar-refractivity contribution in [3.63, 3.8) is 0 Å². The number of hydrogen-bond donors (Lipinski definition) is 1. The molecule has 0 unspecified atom stereocenters. The van der Waals surface area contributed by atoms with E-state index in [0.717, 1.165) is 11.1 Å². The summed E-state index contributed by atoms with van der Waals surface area (Å²) in [7, 11) is 0. The second-order valence-electron chi connectivity index (χ2n) is 6.54. The van der Waals surface area contributed by atoms with Crippen molar-refractivity contribution >= 4 is 18.0 Å². The normalized spacial score (nSPS) is 11.9. The molecule has 0 heterocycles. The van der Waals surface area contributed by atoms with E-state index in [1.807, 2.05) is 70.2 Å². The molecule has 0 saturated carbocycles. The summed E-state index contributed by atoms with van der Waals surface area (Å²) in [6, 6.07) is 13.3. The van der Waals surface area contributed by atoms with Gasteiger partial charge in [0, 0.05) is 11.6 Å². The van der Waals surface area contributed by atoms with Crippen LogP contribution < -0.4 is 10.1 Å². The van der Waals surface area contributed by atoms with Gasteiger partial charge in [-0.1, -0.05) is 36.4 Å². The summed E-state index contributed by atoms with van der Waals surface area (Å²) in [5.41, 5.74) is 4.15. The second-order valence-corrected chi connectivity index (χ2v) is 6.54. The fourth-order valence-corrected chi connectivity index (χ4v) is 2.65. The number of esters is 1. The molecular weight excluding hydrogens is 354 g/mol. The predicted octanol–water partition coefficient (Wildman–Crippen LogP) is 4.14. The highest BCUT2D eigenvalue weighted by atomic mass is 16.5. The Morgan fingerprint density at radius 1 is 1.11 bits per heavy atom. The molecule has 0 fully saturated rings. The van der Waals surface area contributed by atoms with E-state index in [2.05, 4.69) is 5.32 Å². The molecule has 0 bridgehead atoms. The Morgan fingerprint density at radius 3 is 2.57 bits per heavy atom. The summed E-state index contributed by atoms with van der Waals surface area (Å²) in [5.74, 6) is -0.239. The molecule has 2 aromatic carbocycles. The van der Waals surface area contributed by atoms with Crippen LogP contribution in [0.5, 0.6) is 5.75 Å². The molecule has 2 rings (SSSR count). The number of rotatable bonds is 8. The van der Waals surface area contributed by atoms with Crippen LogP contribution in [0.3, 0.4) is 0 Å². The third-order valence-electron chi connectivity index (χ3n) is 4.37. The maximum atomic E-state index is 12.1. The topological polar surface area (TPSA) is 64.6 Å². The Balaban J connectivity index is 1.85. The fourth-order valence-electron chi connectivity index (χ4n) is 2.65. The molecule has 1 amide bonds. The lowest BCUT2D eigenvalue weighted by molar-refractivity contribution is -0.144. The number of amides is 1. The van der Waals surface area contributed by atoms with Crippen LogP contribution in [0, 0.1) is 13.8 Å². The molecule has 5 nitrogen and oxygen atoms in total. The summed E-state index contributed by atoms with van der Waals surface area (Å²) in [6.45, 7) is 8.08. The Kier molecular flexibility index (Phi) is 7.81. The second kappa shape index (κ2) is 10.3. The van der Waals surface area contributed by atoms with Crippen LogP contribution in [0.1, 0.15) is 42.1 Å². The lowest BCUT2D eigenvalue weighted by Gasteiger charge is -2.15. The van der Waals surface area contributed by atoms with Gasteiger partial charge < -0.3 is 14.8 Å². The van der Waals surface area contributed by atoms with Crippen molar-refractivity contribution in [3.05, 3.63) is 70.8 Å². The number of benzene rings is 2. The van der Waals surface area contributed by atoms with Crippen LogP contribution in [0.4, 0.5) is 0 Å². The molecular formula is C23H27NO4. The molecule has 0 aromatic heterocycles. The molecule has 0 spiro atoms. The molecule has 5 heteroatoms. The van der Waals surface area contributed by atoms with Gasteiger partial charge in [0.15, 0.2) is 6.61 Å². The summed E-state index contributed by atoms with van der Waals surface area (Å²) in [4.78, 5) is 24.0. The molecule has 1 N–H and O–H groups in total. The first-order chi connectivity index (χ1) is 13.4. The minimum atomic E-state index is -0.583. The highest BCUT2D eigenvalue weighted by Crippen LogP contribution is 2.19. The minimum absolute atomic E-state index is 0.167. The van der Waals surface area contributed by atoms with Crippen LogP contribution >= 0.6 is 0 Å². The van der Waals surface area contributed by atoms with Gasteiger partial charge in [-0.05, 0) is 56.5 Å². The van der Waals surface area contributed by atoms with Gasteiger partial charge in [-0.15, -0.1) is 0 Å². The lowest BCUT2D eigenvalue weighted by Crippen LogP contribution is -2.31. The number of carbonyl (C=O) groups is 2. The molecule has 2 aromatic rings. The van der Waals surface area contributed by atoms with Crippen molar-refractivity contribution < 1.29 is 19.1 Å². The monoisotopic (exact) mass is 381 g/mol. The predicted molar refractivity (Wildman–Crippen MR) is 110 cm³/mol. The fraction of sp³-hybridized carbons (Fsp3) is 0.304. The van der Waals surface area contributed by atoms with Crippen molar-refractivity contribution in [2.24, 2.45) is 0 Å². The van der Waals surface area contributed by atoms with Gasteiger partial charge in [0.2, 0.25) is 0 Å². The molecule has 0 aliphatic rings. The SMILES string of the molecule is CCOc1ccccc1/C=C/C(=O)OCC(=O)N[C@H](C)c1ccc(C)c(C)c1. The first-order valence-electron chi connectivity index (χ1n) is 9.34. The molecule has 0 aliphatic heterocycles. The Labute approximate surface area is 166 Å². The number of nitrogens with one attached hydrogen (secondary N) is 1. The number of aryl methyl sites for hydroxylation is 2. The van der Waals surface area contributed by atoms with E-state index in [9.17, 15) is 9.59 Å². The first-order valence-corrected chi connectivity index (χ1v) is 9.34. The maximum absolute atomic E-state index is 12.1. The van der Waals surface area contributed by atoms with E-state index in [1.54, 1.807) is 6.08 Å². The van der Waals surface area contributed by atoms with E-state index in [1.165, 1.54) is 17.2 Å². The molecule has 0 radical (unpaired) electrons. The molecule has 148 valence electrons. The third kappa shape index (κ3) is 6.27. The Bertz CT molecular complexity index is 857. The van der Waals surface area contributed by atoms with Crippen molar-refractivity contribution in [1.29, 1.82) is 0 Å². The van der Waals surface area contributed by atoms with Crippen LogP contribution in [0.2, 0.25) is 0 Å². The van der Waals surface area contributed by atoms with Crippen molar-refractivity contribution in [2.45, 2.75) is 33.7 Å². The average Bonchev–Trinajstić information content (AvgIpc) is 2.68. The summed E-state index contributed by atoms with van der Waals surface area (Å²) in [5, 5.41) is 2.84. The zero-order chi connectivity index (χ0) is 20.5. The van der Waals surface area contributed by atoms with Crippen molar-refractivity contribution in [3.8, 4) is 5.75 Å². The van der Waals surface area contributed by atoms with Crippen molar-refractivity contribution in [1.82, 2.24) is 5.32 Å². The molecule has 0 saturated heterocycles. The Morgan fingerprint density at radius 2 is 1.86 bits per heavy atom. The smallest absolute Gasteiger partial charge is 0.331 e. The van der Waals surface area contributed by atoms with E-state index < -0.39 is 5.97 Å². The molecule has 28 heavy (non-hydrogen) atoms. The highest BCUT2D eigenvalue weighted by Gasteiger charge is 2.12. The zero-order valence-electron chi connectivity index (χ0n) is 16.8. The van der Waals surface area contributed by atoms with Crippen LogP contribution in [0.15, 0.2) is 48.5 Å². The minimum Gasteiger partial charge on any atom is -0.493 e. The molecule has 1 atom stereocenters. The summed E-state index contributed by atoms with van der Waals surface area (Å²) >= 11 is 0. The van der Waals surface area contributed by atoms with E-state index in [0.29, 0.717) is 12.4 Å². The quantitative estimate of drug-likeness (QED) is 0.551. The summed E-state index contributed by atoms with van der Waals surface area (Å²) in [6.07, 6.45) is 2.90. The van der Waals surface area contributed by atoms with Crippen LogP contribution in [-0.4, -0.2) is 25.1 Å².